The summed E-state index contributed by atoms with van der Waals surface area (Å²) < 4.78 is 19.7. The number of hydrogen-bond donors (Lipinski definition) is 2. The summed E-state index contributed by atoms with van der Waals surface area (Å²) in [6, 6.07) is 10.4. The minimum absolute atomic E-state index is 0.296. The van der Waals surface area contributed by atoms with Crippen LogP contribution < -0.4 is 10.1 Å². The van der Waals surface area contributed by atoms with Gasteiger partial charge in [0, 0.05) is 24.9 Å². The number of nitrogens with zero attached hydrogens (tertiary/aromatic N) is 2. The van der Waals surface area contributed by atoms with Crippen LogP contribution in [0.1, 0.15) is 11.1 Å². The van der Waals surface area contributed by atoms with Gasteiger partial charge in [0.25, 0.3) is 0 Å². The zero-order valence-electron chi connectivity index (χ0n) is 13.4. The normalized spacial score (nSPS) is 16.8. The van der Waals surface area contributed by atoms with Gasteiger partial charge in [0.15, 0.2) is 11.6 Å². The Morgan fingerprint density at radius 1 is 1.28 bits per heavy atom. The van der Waals surface area contributed by atoms with Crippen molar-refractivity contribution in [1.82, 2.24) is 5.32 Å². The zero-order valence-corrected chi connectivity index (χ0v) is 13.4. The Morgan fingerprint density at radius 2 is 2.12 bits per heavy atom. The molecule has 2 aliphatic rings. The predicted octanol–water partition coefficient (Wildman–Crippen LogP) is 2.62. The van der Waals surface area contributed by atoms with Crippen molar-refractivity contribution >= 4 is 6.21 Å². The Morgan fingerprint density at radius 3 is 2.80 bits per heavy atom. The molecule has 2 N–H and O–H groups in total. The largest absolute Gasteiger partial charge is 0.505 e. The van der Waals surface area contributed by atoms with Crippen molar-refractivity contribution in [2.24, 2.45) is 10.4 Å². The molecule has 2 aromatic rings. The van der Waals surface area contributed by atoms with Gasteiger partial charge in [-0.3, -0.25) is 4.99 Å². The molecule has 0 aromatic heterocycles. The number of nitriles is 1. The molecule has 6 heteroatoms. The molecule has 2 aliphatic heterocycles. The Bertz CT molecular complexity index is 914. The molecule has 0 amide bonds. The molecule has 0 unspecified atom stereocenters. The fraction of sp³-hybridized carbons (Fsp3) is 0.263. The van der Waals surface area contributed by atoms with Crippen LogP contribution in [0.5, 0.6) is 11.5 Å². The van der Waals surface area contributed by atoms with E-state index in [0.29, 0.717) is 37.6 Å². The maximum atomic E-state index is 13.7. The molecule has 0 aliphatic carbocycles. The lowest BCUT2D eigenvalue weighted by Gasteiger charge is -2.35. The van der Waals surface area contributed by atoms with E-state index in [4.69, 9.17) is 4.74 Å². The first kappa shape index (κ1) is 15.6. The molecule has 1 saturated heterocycles. The molecular weight excluding hydrogens is 321 g/mol. The van der Waals surface area contributed by atoms with Crippen LogP contribution in [-0.2, 0) is 6.54 Å². The molecule has 0 radical (unpaired) electrons. The van der Waals surface area contributed by atoms with Crippen molar-refractivity contribution in [3.63, 3.8) is 0 Å². The Labute approximate surface area is 144 Å². The van der Waals surface area contributed by atoms with Gasteiger partial charge in [0.05, 0.1) is 12.6 Å². The quantitative estimate of drug-likeness (QED) is 0.899. The molecule has 4 rings (SSSR count). The van der Waals surface area contributed by atoms with Gasteiger partial charge in [-0.1, -0.05) is 6.07 Å². The standard InChI is InChI=1S/C19H16FN3O2/c20-16-4-12(1-2-17(16)24)13-3-14-6-22-7-15(14)18(5-13)25-11-19(8-21)9-23-10-19/h1-5,7,23-24H,6,9-11H2. The van der Waals surface area contributed by atoms with Crippen LogP contribution in [0.2, 0.25) is 0 Å². The Kier molecular flexibility index (Phi) is 3.66. The van der Waals surface area contributed by atoms with Gasteiger partial charge in [0.2, 0.25) is 0 Å². The van der Waals surface area contributed by atoms with Gasteiger partial charge in [-0.2, -0.15) is 5.26 Å². The molecular formula is C19H16FN3O2. The lowest BCUT2D eigenvalue weighted by atomic mass is 9.84. The van der Waals surface area contributed by atoms with Crippen molar-refractivity contribution in [3.05, 3.63) is 47.3 Å². The molecule has 0 bridgehead atoms. The summed E-state index contributed by atoms with van der Waals surface area (Å²) in [7, 11) is 0. The summed E-state index contributed by atoms with van der Waals surface area (Å²) in [6.45, 7) is 2.07. The molecule has 2 aromatic carbocycles. The fourth-order valence-corrected chi connectivity index (χ4v) is 3.03. The number of nitrogens with one attached hydrogen (secondary N) is 1. The number of rotatable bonds is 4. The minimum atomic E-state index is -0.666. The third kappa shape index (κ3) is 2.73. The second-order valence-electron chi connectivity index (χ2n) is 6.47. The predicted molar refractivity (Wildman–Crippen MR) is 91.2 cm³/mol. The van der Waals surface area contributed by atoms with Gasteiger partial charge in [0.1, 0.15) is 17.8 Å². The van der Waals surface area contributed by atoms with E-state index in [1.54, 1.807) is 12.3 Å². The second-order valence-corrected chi connectivity index (χ2v) is 6.47. The van der Waals surface area contributed by atoms with Crippen LogP contribution >= 0.6 is 0 Å². The van der Waals surface area contributed by atoms with Crippen LogP contribution in [-0.4, -0.2) is 31.0 Å². The van der Waals surface area contributed by atoms with Crippen molar-refractivity contribution < 1.29 is 14.2 Å². The number of phenolic OH excluding ortho intramolecular Hbond substituents is 1. The van der Waals surface area contributed by atoms with Gasteiger partial charge in [-0.25, -0.2) is 4.39 Å². The van der Waals surface area contributed by atoms with E-state index in [-0.39, 0.29) is 5.75 Å². The number of fused-ring (bicyclic) bond motifs is 1. The van der Waals surface area contributed by atoms with E-state index in [2.05, 4.69) is 16.4 Å². The number of phenols is 1. The summed E-state index contributed by atoms with van der Waals surface area (Å²) >= 11 is 0. The number of benzene rings is 2. The molecule has 0 saturated carbocycles. The highest BCUT2D eigenvalue weighted by atomic mass is 19.1. The van der Waals surface area contributed by atoms with Crippen molar-refractivity contribution in [3.8, 4) is 28.7 Å². The van der Waals surface area contributed by atoms with Crippen LogP contribution in [0.25, 0.3) is 11.1 Å². The average molecular weight is 337 g/mol. The van der Waals surface area contributed by atoms with Gasteiger partial charge in [-0.05, 0) is 41.0 Å². The van der Waals surface area contributed by atoms with E-state index in [0.717, 1.165) is 16.7 Å². The van der Waals surface area contributed by atoms with E-state index in [1.165, 1.54) is 12.1 Å². The Balaban J connectivity index is 1.68. The summed E-state index contributed by atoms with van der Waals surface area (Å²) in [5, 5.41) is 21.8. The first-order valence-electron chi connectivity index (χ1n) is 8.01. The molecule has 25 heavy (non-hydrogen) atoms. The maximum absolute atomic E-state index is 13.7. The smallest absolute Gasteiger partial charge is 0.165 e. The first-order chi connectivity index (χ1) is 12.1. The summed E-state index contributed by atoms with van der Waals surface area (Å²) in [5.41, 5.74) is 2.84. The molecule has 5 nitrogen and oxygen atoms in total. The highest BCUT2D eigenvalue weighted by Gasteiger charge is 2.38. The summed E-state index contributed by atoms with van der Waals surface area (Å²) in [6.07, 6.45) is 1.77. The second kappa shape index (κ2) is 5.87. The van der Waals surface area contributed by atoms with Gasteiger partial charge < -0.3 is 15.2 Å². The number of aliphatic imine (C=N–C) groups is 1. The maximum Gasteiger partial charge on any atom is 0.165 e. The number of halogens is 1. The summed E-state index contributed by atoms with van der Waals surface area (Å²) in [4.78, 5) is 4.28. The number of hydrogen-bond acceptors (Lipinski definition) is 5. The lowest BCUT2D eigenvalue weighted by molar-refractivity contribution is 0.137. The van der Waals surface area contributed by atoms with E-state index in [9.17, 15) is 14.8 Å². The zero-order chi connectivity index (χ0) is 17.4. The molecule has 126 valence electrons. The highest BCUT2D eigenvalue weighted by Crippen LogP contribution is 2.35. The molecule has 1 fully saturated rings. The number of aromatic hydroxyl groups is 1. The molecule has 0 spiro atoms. The molecule has 2 heterocycles. The fourth-order valence-electron chi connectivity index (χ4n) is 3.03. The van der Waals surface area contributed by atoms with Crippen LogP contribution in [0, 0.1) is 22.6 Å². The van der Waals surface area contributed by atoms with Crippen molar-refractivity contribution in [2.45, 2.75) is 6.54 Å². The topological polar surface area (TPSA) is 77.6 Å². The third-order valence-electron chi connectivity index (χ3n) is 4.66. The Hall–Kier alpha value is -2.91. The van der Waals surface area contributed by atoms with Gasteiger partial charge in [-0.15, -0.1) is 0 Å². The van der Waals surface area contributed by atoms with Crippen LogP contribution in [0.15, 0.2) is 35.3 Å². The lowest BCUT2D eigenvalue weighted by Crippen LogP contribution is -2.55. The SMILES string of the molecule is N#CC1(COc2cc(-c3ccc(O)c(F)c3)cc3c2C=NC3)CNC1. The van der Waals surface area contributed by atoms with E-state index < -0.39 is 11.2 Å². The number of ether oxygens (including phenoxy) is 1. The van der Waals surface area contributed by atoms with Gasteiger partial charge >= 0.3 is 0 Å². The summed E-state index contributed by atoms with van der Waals surface area (Å²) in [5.74, 6) is -0.400. The molecule has 0 atom stereocenters. The average Bonchev–Trinajstić information content (AvgIpc) is 3.05. The van der Waals surface area contributed by atoms with E-state index in [1.807, 2.05) is 12.1 Å². The minimum Gasteiger partial charge on any atom is -0.505 e. The highest BCUT2D eigenvalue weighted by molar-refractivity contribution is 5.90. The van der Waals surface area contributed by atoms with Crippen molar-refractivity contribution in [2.75, 3.05) is 19.7 Å². The van der Waals surface area contributed by atoms with Crippen molar-refractivity contribution in [1.29, 1.82) is 5.26 Å². The van der Waals surface area contributed by atoms with Crippen LogP contribution in [0.4, 0.5) is 4.39 Å². The third-order valence-corrected chi connectivity index (χ3v) is 4.66. The first-order valence-corrected chi connectivity index (χ1v) is 8.01. The monoisotopic (exact) mass is 337 g/mol. The van der Waals surface area contributed by atoms with Crippen LogP contribution in [0.3, 0.4) is 0 Å². The van der Waals surface area contributed by atoms with E-state index >= 15 is 0 Å².